The number of hydrogen-bond acceptors (Lipinski definition) is 6. The van der Waals surface area contributed by atoms with Gasteiger partial charge in [0.25, 0.3) is 0 Å². The molecule has 0 atom stereocenters. The van der Waals surface area contributed by atoms with E-state index in [1.807, 2.05) is 43.8 Å². The first-order valence-electron chi connectivity index (χ1n) is 7.27. The number of nitrogens with one attached hydrogen (secondary N) is 1. The smallest absolute Gasteiger partial charge is 0.214 e. The lowest BCUT2D eigenvalue weighted by Gasteiger charge is -2.01. The Kier molecular flexibility index (Phi) is 3.51. The molecule has 7 nitrogen and oxygen atoms in total. The van der Waals surface area contributed by atoms with E-state index in [1.54, 1.807) is 15.4 Å². The van der Waals surface area contributed by atoms with Gasteiger partial charge < -0.3 is 5.32 Å². The standard InChI is InChI=1S/C15H15N7S/c1-21-9-11(8-18-21)13-10-22-15(19-13)23-14(20-22)17-7-5-12-4-2-3-6-16-12/h2-4,6,8-10H,5,7H2,1H3,(H,17,20). The topological polar surface area (TPSA) is 72.9 Å². The van der Waals surface area contributed by atoms with Crippen LogP contribution in [0, 0.1) is 0 Å². The summed E-state index contributed by atoms with van der Waals surface area (Å²) >= 11 is 1.54. The molecule has 0 radical (unpaired) electrons. The first kappa shape index (κ1) is 13.9. The number of nitrogens with zero attached hydrogens (tertiary/aromatic N) is 6. The van der Waals surface area contributed by atoms with Crippen molar-refractivity contribution in [1.29, 1.82) is 0 Å². The predicted molar refractivity (Wildman–Crippen MR) is 89.5 cm³/mol. The number of imidazole rings is 1. The summed E-state index contributed by atoms with van der Waals surface area (Å²) in [7, 11) is 1.89. The van der Waals surface area contributed by atoms with Crippen LogP contribution >= 0.6 is 11.3 Å². The molecule has 4 rings (SSSR count). The molecule has 8 heteroatoms. The van der Waals surface area contributed by atoms with Crippen LogP contribution in [-0.2, 0) is 13.5 Å². The first-order valence-corrected chi connectivity index (χ1v) is 8.08. The molecule has 0 unspecified atom stereocenters. The minimum atomic E-state index is 0.795. The SMILES string of the molecule is Cn1cc(-c2cn3nc(NCCc4ccccn4)sc3n2)cn1. The fraction of sp³-hybridized carbons (Fsp3) is 0.200. The Morgan fingerprint density at radius 1 is 1.26 bits per heavy atom. The summed E-state index contributed by atoms with van der Waals surface area (Å²) in [4.78, 5) is 9.77. The summed E-state index contributed by atoms with van der Waals surface area (Å²) in [6.07, 6.45) is 8.35. The second-order valence-electron chi connectivity index (χ2n) is 5.16. The van der Waals surface area contributed by atoms with Crippen LogP contribution in [0.5, 0.6) is 0 Å². The van der Waals surface area contributed by atoms with Gasteiger partial charge in [-0.1, -0.05) is 17.4 Å². The summed E-state index contributed by atoms with van der Waals surface area (Å²) in [5.41, 5.74) is 2.95. The van der Waals surface area contributed by atoms with Crippen molar-refractivity contribution in [3.05, 3.63) is 48.7 Å². The molecule has 0 bridgehead atoms. The number of aromatic nitrogens is 6. The highest BCUT2D eigenvalue weighted by Crippen LogP contribution is 2.23. The van der Waals surface area contributed by atoms with Gasteiger partial charge >= 0.3 is 0 Å². The molecule has 0 spiro atoms. The molecule has 0 aliphatic carbocycles. The lowest BCUT2D eigenvalue weighted by molar-refractivity contribution is 0.768. The van der Waals surface area contributed by atoms with E-state index in [-0.39, 0.29) is 0 Å². The van der Waals surface area contributed by atoms with Crippen LogP contribution < -0.4 is 5.32 Å². The number of rotatable bonds is 5. The molecule has 4 aromatic rings. The van der Waals surface area contributed by atoms with Gasteiger partial charge in [0.15, 0.2) is 0 Å². The van der Waals surface area contributed by atoms with Gasteiger partial charge in [-0.15, -0.1) is 5.10 Å². The fourth-order valence-electron chi connectivity index (χ4n) is 2.31. The second kappa shape index (κ2) is 5.81. The van der Waals surface area contributed by atoms with Crippen LogP contribution in [-0.4, -0.2) is 35.9 Å². The zero-order chi connectivity index (χ0) is 15.6. The lowest BCUT2D eigenvalue weighted by Crippen LogP contribution is -2.05. The number of pyridine rings is 1. The van der Waals surface area contributed by atoms with Crippen LogP contribution in [0.25, 0.3) is 16.2 Å². The van der Waals surface area contributed by atoms with Gasteiger partial charge in [-0.3, -0.25) is 9.67 Å². The summed E-state index contributed by atoms with van der Waals surface area (Å²) in [6, 6.07) is 5.95. The highest BCUT2D eigenvalue weighted by molar-refractivity contribution is 7.20. The fourth-order valence-corrected chi connectivity index (χ4v) is 3.11. The average Bonchev–Trinajstić information content (AvgIpc) is 3.22. The second-order valence-corrected chi connectivity index (χ2v) is 6.12. The molecule has 0 aromatic carbocycles. The predicted octanol–water partition coefficient (Wildman–Crippen LogP) is 2.24. The van der Waals surface area contributed by atoms with Gasteiger partial charge in [0, 0.05) is 43.7 Å². The van der Waals surface area contributed by atoms with Crippen LogP contribution in [0.3, 0.4) is 0 Å². The summed E-state index contributed by atoms with van der Waals surface area (Å²) in [6.45, 7) is 0.795. The van der Waals surface area contributed by atoms with Gasteiger partial charge in [0.1, 0.15) is 0 Å². The zero-order valence-corrected chi connectivity index (χ0v) is 13.4. The van der Waals surface area contributed by atoms with Gasteiger partial charge in [0.05, 0.1) is 18.1 Å². The molecule has 0 aliphatic rings. The largest absolute Gasteiger partial charge is 0.360 e. The number of anilines is 1. The van der Waals surface area contributed by atoms with Crippen molar-refractivity contribution in [3.63, 3.8) is 0 Å². The van der Waals surface area contributed by atoms with E-state index in [4.69, 9.17) is 0 Å². The van der Waals surface area contributed by atoms with E-state index in [1.165, 1.54) is 11.3 Å². The van der Waals surface area contributed by atoms with Crippen molar-refractivity contribution < 1.29 is 0 Å². The van der Waals surface area contributed by atoms with Crippen LogP contribution in [0.1, 0.15) is 5.69 Å². The molecule has 23 heavy (non-hydrogen) atoms. The maximum atomic E-state index is 4.60. The molecular weight excluding hydrogens is 310 g/mol. The third-order valence-corrected chi connectivity index (χ3v) is 4.31. The highest BCUT2D eigenvalue weighted by Gasteiger charge is 2.10. The molecule has 4 aromatic heterocycles. The third-order valence-electron chi connectivity index (χ3n) is 3.43. The Morgan fingerprint density at radius 3 is 2.96 bits per heavy atom. The summed E-state index contributed by atoms with van der Waals surface area (Å²) in [5, 5.41) is 12.9. The molecule has 116 valence electrons. The van der Waals surface area contributed by atoms with Crippen molar-refractivity contribution in [2.24, 2.45) is 7.05 Å². The molecule has 0 amide bonds. The minimum Gasteiger partial charge on any atom is -0.360 e. The van der Waals surface area contributed by atoms with Crippen LogP contribution in [0.2, 0.25) is 0 Å². The Hall–Kier alpha value is -2.74. The van der Waals surface area contributed by atoms with Crippen LogP contribution in [0.4, 0.5) is 5.13 Å². The molecule has 0 saturated heterocycles. The summed E-state index contributed by atoms with van der Waals surface area (Å²) in [5.74, 6) is 0. The van der Waals surface area contributed by atoms with E-state index in [0.29, 0.717) is 0 Å². The molecule has 0 fully saturated rings. The monoisotopic (exact) mass is 325 g/mol. The molecule has 1 N–H and O–H groups in total. The van der Waals surface area contributed by atoms with Crippen molar-refractivity contribution in [1.82, 2.24) is 29.4 Å². The van der Waals surface area contributed by atoms with Gasteiger partial charge in [0.2, 0.25) is 10.1 Å². The Bertz CT molecular complexity index is 890. The van der Waals surface area contributed by atoms with Crippen molar-refractivity contribution in [3.8, 4) is 11.3 Å². The maximum absolute atomic E-state index is 4.60. The van der Waals surface area contributed by atoms with E-state index in [0.717, 1.165) is 40.0 Å². The molecule has 4 heterocycles. The van der Waals surface area contributed by atoms with Gasteiger partial charge in [-0.2, -0.15) is 5.10 Å². The summed E-state index contributed by atoms with van der Waals surface area (Å²) < 4.78 is 3.57. The molecular formula is C15H15N7S. The number of aryl methyl sites for hydroxylation is 1. The van der Waals surface area contributed by atoms with E-state index < -0.39 is 0 Å². The van der Waals surface area contributed by atoms with Crippen molar-refractivity contribution in [2.45, 2.75) is 6.42 Å². The highest BCUT2D eigenvalue weighted by atomic mass is 32.1. The maximum Gasteiger partial charge on any atom is 0.214 e. The first-order chi connectivity index (χ1) is 11.3. The van der Waals surface area contributed by atoms with Crippen LogP contribution in [0.15, 0.2) is 43.0 Å². The van der Waals surface area contributed by atoms with E-state index >= 15 is 0 Å². The van der Waals surface area contributed by atoms with E-state index in [2.05, 4.69) is 25.5 Å². The van der Waals surface area contributed by atoms with Gasteiger partial charge in [-0.05, 0) is 12.1 Å². The average molecular weight is 325 g/mol. The number of fused-ring (bicyclic) bond motifs is 1. The molecule has 0 saturated carbocycles. The Labute approximate surface area is 136 Å². The Balaban J connectivity index is 1.44. The van der Waals surface area contributed by atoms with Crippen molar-refractivity contribution >= 4 is 21.4 Å². The third kappa shape index (κ3) is 2.93. The lowest BCUT2D eigenvalue weighted by atomic mass is 10.3. The quantitative estimate of drug-likeness (QED) is 0.609. The van der Waals surface area contributed by atoms with Gasteiger partial charge in [-0.25, -0.2) is 9.50 Å². The number of hydrogen-bond donors (Lipinski definition) is 1. The molecule has 0 aliphatic heterocycles. The Morgan fingerprint density at radius 2 is 2.22 bits per heavy atom. The zero-order valence-electron chi connectivity index (χ0n) is 12.5. The minimum absolute atomic E-state index is 0.795. The van der Waals surface area contributed by atoms with Crippen molar-refractivity contribution in [2.75, 3.05) is 11.9 Å². The normalized spacial score (nSPS) is 11.2. The van der Waals surface area contributed by atoms with E-state index in [9.17, 15) is 0 Å².